The Bertz CT molecular complexity index is 1070. The summed E-state index contributed by atoms with van der Waals surface area (Å²) in [7, 11) is 0. The van der Waals surface area contributed by atoms with Crippen LogP contribution in [0.3, 0.4) is 0 Å². The van der Waals surface area contributed by atoms with E-state index in [1.165, 1.54) is 6.21 Å². The summed E-state index contributed by atoms with van der Waals surface area (Å²) in [6.07, 6.45) is 1.52. The van der Waals surface area contributed by atoms with Crippen LogP contribution in [-0.4, -0.2) is 23.5 Å². The number of halogens is 1. The van der Waals surface area contributed by atoms with Crippen molar-refractivity contribution in [1.29, 1.82) is 0 Å². The van der Waals surface area contributed by atoms with Crippen LogP contribution in [0.25, 0.3) is 5.69 Å². The van der Waals surface area contributed by atoms with Gasteiger partial charge in [-0.15, -0.1) is 0 Å². The second kappa shape index (κ2) is 7.40. The number of carbonyl (C=O) groups excluding carboxylic acids is 1. The highest BCUT2D eigenvalue weighted by atomic mass is 35.5. The summed E-state index contributed by atoms with van der Waals surface area (Å²) < 4.78 is 12.6. The van der Waals surface area contributed by atoms with E-state index in [1.54, 1.807) is 12.1 Å². The molecule has 28 heavy (non-hydrogen) atoms. The quantitative estimate of drug-likeness (QED) is 0.530. The zero-order chi connectivity index (χ0) is 19.7. The van der Waals surface area contributed by atoms with Crippen molar-refractivity contribution in [1.82, 2.24) is 9.99 Å². The van der Waals surface area contributed by atoms with Crippen molar-refractivity contribution >= 4 is 23.7 Å². The summed E-state index contributed by atoms with van der Waals surface area (Å²) in [5.41, 5.74) is 6.67. The van der Waals surface area contributed by atoms with Crippen molar-refractivity contribution in [2.75, 3.05) is 6.79 Å². The maximum absolute atomic E-state index is 12.6. The number of ether oxygens (including phenoxy) is 2. The molecular weight excluding hydrogens is 378 g/mol. The Morgan fingerprint density at radius 3 is 2.75 bits per heavy atom. The predicted molar refractivity (Wildman–Crippen MR) is 108 cm³/mol. The van der Waals surface area contributed by atoms with E-state index in [9.17, 15) is 4.79 Å². The summed E-state index contributed by atoms with van der Waals surface area (Å²) in [6.45, 7) is 4.02. The van der Waals surface area contributed by atoms with Gasteiger partial charge in [0.15, 0.2) is 11.5 Å². The molecule has 1 N–H and O–H groups in total. The molecule has 1 amide bonds. The van der Waals surface area contributed by atoms with Gasteiger partial charge in [-0.05, 0) is 49.7 Å². The lowest BCUT2D eigenvalue weighted by Gasteiger charge is -2.09. The largest absolute Gasteiger partial charge is 0.454 e. The Balaban J connectivity index is 1.52. The van der Waals surface area contributed by atoms with Crippen LogP contribution in [-0.2, 0) is 0 Å². The van der Waals surface area contributed by atoms with Crippen molar-refractivity contribution in [2.24, 2.45) is 5.10 Å². The van der Waals surface area contributed by atoms with E-state index in [-0.39, 0.29) is 12.7 Å². The molecule has 3 aromatic rings. The minimum atomic E-state index is -0.279. The van der Waals surface area contributed by atoms with E-state index in [1.807, 2.05) is 54.8 Å². The molecule has 1 aromatic heterocycles. The van der Waals surface area contributed by atoms with Gasteiger partial charge in [0.05, 0.1) is 16.8 Å². The van der Waals surface area contributed by atoms with Gasteiger partial charge in [-0.3, -0.25) is 4.79 Å². The molecule has 142 valence electrons. The Morgan fingerprint density at radius 1 is 1.18 bits per heavy atom. The molecule has 2 heterocycles. The first kappa shape index (κ1) is 18.1. The molecule has 0 saturated carbocycles. The maximum atomic E-state index is 12.6. The third-order valence-electron chi connectivity index (χ3n) is 4.52. The van der Waals surface area contributed by atoms with E-state index in [0.29, 0.717) is 27.6 Å². The molecule has 0 bridgehead atoms. The first-order chi connectivity index (χ1) is 13.5. The predicted octanol–water partition coefficient (Wildman–Crippen LogP) is 4.24. The van der Waals surface area contributed by atoms with Crippen molar-refractivity contribution in [3.63, 3.8) is 0 Å². The van der Waals surface area contributed by atoms with Gasteiger partial charge in [0.1, 0.15) is 0 Å². The van der Waals surface area contributed by atoms with Gasteiger partial charge >= 0.3 is 0 Å². The maximum Gasteiger partial charge on any atom is 0.273 e. The van der Waals surface area contributed by atoms with Crippen LogP contribution in [0, 0.1) is 13.8 Å². The van der Waals surface area contributed by atoms with Crippen LogP contribution in [0.15, 0.2) is 53.6 Å². The average Bonchev–Trinajstić information content (AvgIpc) is 3.27. The minimum Gasteiger partial charge on any atom is -0.454 e. The molecule has 4 rings (SSSR count). The monoisotopic (exact) mass is 395 g/mol. The number of fused-ring (bicyclic) bond motifs is 1. The molecule has 0 radical (unpaired) electrons. The van der Waals surface area contributed by atoms with Gasteiger partial charge in [-0.25, -0.2) is 5.43 Å². The number of hydrogen-bond acceptors (Lipinski definition) is 4. The Hall–Kier alpha value is -3.25. The molecule has 7 heteroatoms. The number of hydrogen-bond donors (Lipinski definition) is 1. The second-order valence-electron chi connectivity index (χ2n) is 6.39. The molecule has 2 aromatic carbocycles. The SMILES string of the molecule is Cc1cc(C(=O)N/N=C\c2cc(Cl)c3c(c2)OCO3)c(C)n1-c1ccccc1. The molecule has 0 saturated heterocycles. The Labute approximate surface area is 167 Å². The summed E-state index contributed by atoms with van der Waals surface area (Å²) in [5.74, 6) is 0.807. The number of amides is 1. The van der Waals surface area contributed by atoms with Crippen LogP contribution in [0.5, 0.6) is 11.5 Å². The van der Waals surface area contributed by atoms with Gasteiger partial charge in [-0.2, -0.15) is 5.10 Å². The molecule has 0 spiro atoms. The van der Waals surface area contributed by atoms with Crippen molar-refractivity contribution in [3.8, 4) is 17.2 Å². The van der Waals surface area contributed by atoms with Crippen LogP contribution >= 0.6 is 11.6 Å². The average molecular weight is 396 g/mol. The summed E-state index contributed by atoms with van der Waals surface area (Å²) in [5, 5.41) is 4.49. The third kappa shape index (κ3) is 3.34. The summed E-state index contributed by atoms with van der Waals surface area (Å²) in [4.78, 5) is 12.6. The molecule has 0 aliphatic carbocycles. The fourth-order valence-corrected chi connectivity index (χ4v) is 3.53. The highest BCUT2D eigenvalue weighted by Crippen LogP contribution is 2.39. The molecule has 6 nitrogen and oxygen atoms in total. The zero-order valence-electron chi connectivity index (χ0n) is 15.4. The van der Waals surface area contributed by atoms with Gasteiger partial charge < -0.3 is 14.0 Å². The first-order valence-corrected chi connectivity index (χ1v) is 9.09. The van der Waals surface area contributed by atoms with Gasteiger partial charge in [0, 0.05) is 17.1 Å². The fourth-order valence-electron chi connectivity index (χ4n) is 3.25. The van der Waals surface area contributed by atoms with E-state index >= 15 is 0 Å². The lowest BCUT2D eigenvalue weighted by molar-refractivity contribution is 0.0954. The minimum absolute atomic E-state index is 0.142. The number of nitrogens with one attached hydrogen (secondary N) is 1. The summed E-state index contributed by atoms with van der Waals surface area (Å²) >= 11 is 6.15. The number of hydrazone groups is 1. The lowest BCUT2D eigenvalue weighted by atomic mass is 10.2. The van der Waals surface area contributed by atoms with Gasteiger partial charge in [-0.1, -0.05) is 29.8 Å². The van der Waals surface area contributed by atoms with Crippen LogP contribution in [0.2, 0.25) is 5.02 Å². The Kier molecular flexibility index (Phi) is 4.79. The van der Waals surface area contributed by atoms with Crippen LogP contribution < -0.4 is 14.9 Å². The number of benzene rings is 2. The molecule has 0 atom stereocenters. The van der Waals surface area contributed by atoms with Gasteiger partial charge in [0.25, 0.3) is 5.91 Å². The van der Waals surface area contributed by atoms with Crippen molar-refractivity contribution < 1.29 is 14.3 Å². The molecule has 0 fully saturated rings. The number of rotatable bonds is 4. The normalized spacial score (nSPS) is 12.5. The zero-order valence-corrected chi connectivity index (χ0v) is 16.2. The van der Waals surface area contributed by atoms with E-state index in [0.717, 1.165) is 17.1 Å². The number of carbonyl (C=O) groups is 1. The van der Waals surface area contributed by atoms with Gasteiger partial charge in [0.2, 0.25) is 6.79 Å². The second-order valence-corrected chi connectivity index (χ2v) is 6.80. The van der Waals surface area contributed by atoms with Crippen molar-refractivity contribution in [3.05, 3.63) is 76.1 Å². The summed E-state index contributed by atoms with van der Waals surface area (Å²) in [6, 6.07) is 15.2. The molecular formula is C21H18ClN3O3. The van der Waals surface area contributed by atoms with E-state index < -0.39 is 0 Å². The molecule has 1 aliphatic rings. The van der Waals surface area contributed by atoms with Crippen molar-refractivity contribution in [2.45, 2.75) is 13.8 Å². The topological polar surface area (TPSA) is 64.8 Å². The molecule has 0 unspecified atom stereocenters. The number of aryl methyl sites for hydroxylation is 1. The first-order valence-electron chi connectivity index (χ1n) is 8.71. The third-order valence-corrected chi connectivity index (χ3v) is 4.80. The fraction of sp³-hybridized carbons (Fsp3) is 0.143. The Morgan fingerprint density at radius 2 is 1.96 bits per heavy atom. The number of nitrogens with zero attached hydrogens (tertiary/aromatic N) is 2. The highest BCUT2D eigenvalue weighted by molar-refractivity contribution is 6.32. The van der Waals surface area contributed by atoms with Crippen LogP contribution in [0.4, 0.5) is 0 Å². The lowest BCUT2D eigenvalue weighted by Crippen LogP contribution is -2.18. The standard InChI is InChI=1S/C21H18ClN3O3/c1-13-8-17(14(2)25(13)16-6-4-3-5-7-16)21(26)24-23-11-15-9-18(22)20-19(10-15)27-12-28-20/h3-11H,12H2,1-2H3,(H,24,26)/b23-11-. The van der Waals surface area contributed by atoms with Crippen LogP contribution in [0.1, 0.15) is 27.3 Å². The highest BCUT2D eigenvalue weighted by Gasteiger charge is 2.18. The van der Waals surface area contributed by atoms with E-state index in [2.05, 4.69) is 10.5 Å². The molecule has 1 aliphatic heterocycles. The number of aromatic nitrogens is 1. The smallest absolute Gasteiger partial charge is 0.273 e. The number of para-hydroxylation sites is 1. The van der Waals surface area contributed by atoms with E-state index in [4.69, 9.17) is 21.1 Å².